The van der Waals surface area contributed by atoms with Crippen LogP contribution in [0, 0.1) is 0 Å². The molecule has 10 nitrogen and oxygen atoms in total. The number of rotatable bonds is 7. The molecule has 0 radical (unpaired) electrons. The van der Waals surface area contributed by atoms with Gasteiger partial charge in [0.15, 0.2) is 0 Å². The van der Waals surface area contributed by atoms with Gasteiger partial charge in [-0.1, -0.05) is 24.3 Å². The summed E-state index contributed by atoms with van der Waals surface area (Å²) in [5.41, 5.74) is 5.87. The monoisotopic (exact) mass is 475 g/mol. The molecule has 3 aromatic carbocycles. The van der Waals surface area contributed by atoms with Crippen LogP contribution in [0.5, 0.6) is 11.5 Å². The molecule has 0 aliphatic heterocycles. The number of para-hydroxylation sites is 2. The van der Waals surface area contributed by atoms with Crippen molar-refractivity contribution in [3.05, 3.63) is 83.4 Å². The molecular weight excluding hydrogens is 454 g/mol. The molecule has 178 valence electrons. The third-order valence-electron chi connectivity index (χ3n) is 4.50. The third-order valence-corrected chi connectivity index (χ3v) is 4.50. The second-order valence-corrected chi connectivity index (χ2v) is 7.25. The number of benzene rings is 3. The van der Waals surface area contributed by atoms with Crippen LogP contribution < -0.4 is 25.8 Å². The van der Waals surface area contributed by atoms with Crippen molar-refractivity contribution in [3.63, 3.8) is 0 Å². The Balaban J connectivity index is 1.90. The van der Waals surface area contributed by atoms with Crippen LogP contribution in [0.15, 0.2) is 66.7 Å². The van der Waals surface area contributed by atoms with Crippen LogP contribution in [0.4, 0.5) is 11.4 Å². The van der Waals surface area contributed by atoms with E-state index >= 15 is 0 Å². The average molecular weight is 475 g/mol. The molecule has 0 spiro atoms. The van der Waals surface area contributed by atoms with E-state index in [1.54, 1.807) is 24.3 Å². The van der Waals surface area contributed by atoms with Crippen molar-refractivity contribution in [1.82, 2.24) is 0 Å². The lowest BCUT2D eigenvalue weighted by molar-refractivity contribution is -0.132. The molecule has 3 aromatic rings. The van der Waals surface area contributed by atoms with Gasteiger partial charge in [0.1, 0.15) is 11.5 Å². The molecule has 0 heterocycles. The molecule has 0 unspecified atom stereocenters. The Morgan fingerprint density at radius 2 is 1.06 bits per heavy atom. The fraction of sp³-hybridized carbons (Fsp3) is 0.0800. The van der Waals surface area contributed by atoms with E-state index in [-0.39, 0.29) is 39.6 Å². The third kappa shape index (κ3) is 6.51. The van der Waals surface area contributed by atoms with E-state index in [2.05, 4.69) is 10.6 Å². The number of amides is 3. The van der Waals surface area contributed by atoms with Crippen LogP contribution in [0.1, 0.15) is 44.9 Å². The van der Waals surface area contributed by atoms with E-state index in [1.165, 1.54) is 56.3 Å². The van der Waals surface area contributed by atoms with Crippen LogP contribution in [-0.2, 0) is 9.59 Å². The maximum Gasteiger partial charge on any atom is 0.308 e. The van der Waals surface area contributed by atoms with Crippen molar-refractivity contribution >= 4 is 41.0 Å². The van der Waals surface area contributed by atoms with E-state index in [4.69, 9.17) is 15.2 Å². The molecule has 4 N–H and O–H groups in total. The van der Waals surface area contributed by atoms with Gasteiger partial charge in [0.25, 0.3) is 11.8 Å². The maximum atomic E-state index is 12.8. The first kappa shape index (κ1) is 24.6. The number of nitrogens with two attached hydrogens (primary N) is 1. The zero-order valence-corrected chi connectivity index (χ0v) is 18.8. The first-order valence-electron chi connectivity index (χ1n) is 10.3. The minimum Gasteiger partial charge on any atom is -0.426 e. The van der Waals surface area contributed by atoms with E-state index < -0.39 is 29.7 Å². The average Bonchev–Trinajstić information content (AvgIpc) is 2.78. The van der Waals surface area contributed by atoms with Crippen LogP contribution in [0.25, 0.3) is 0 Å². The van der Waals surface area contributed by atoms with Gasteiger partial charge in [-0.2, -0.15) is 0 Å². The topological polar surface area (TPSA) is 154 Å². The standard InChI is InChI=1S/C25H21N3O7/c1-14(29)34-21-9-5-3-7-19(21)24(32)27-17-11-16(23(26)31)12-18(13-17)28-25(33)20-8-4-6-10-22(20)35-15(2)30/h3-13H,1-2H3,(H2,26,31)(H,27,32)(H,28,33). The Morgan fingerprint density at radius 1 is 0.657 bits per heavy atom. The number of carbonyl (C=O) groups is 5. The lowest BCUT2D eigenvalue weighted by Gasteiger charge is -2.13. The number of esters is 2. The highest BCUT2D eigenvalue weighted by atomic mass is 16.5. The highest BCUT2D eigenvalue weighted by Gasteiger charge is 2.17. The van der Waals surface area contributed by atoms with E-state index in [0.717, 1.165) is 0 Å². The zero-order valence-electron chi connectivity index (χ0n) is 18.8. The Morgan fingerprint density at radius 3 is 1.43 bits per heavy atom. The fourth-order valence-electron chi connectivity index (χ4n) is 3.11. The molecule has 3 rings (SSSR count). The highest BCUT2D eigenvalue weighted by Crippen LogP contribution is 2.25. The zero-order chi connectivity index (χ0) is 25.5. The Kier molecular flexibility index (Phi) is 7.57. The van der Waals surface area contributed by atoms with Crippen LogP contribution in [-0.4, -0.2) is 29.7 Å². The normalized spacial score (nSPS) is 10.1. The largest absolute Gasteiger partial charge is 0.426 e. The van der Waals surface area contributed by atoms with Gasteiger partial charge >= 0.3 is 11.9 Å². The number of hydrogen-bond acceptors (Lipinski definition) is 7. The van der Waals surface area contributed by atoms with E-state index in [9.17, 15) is 24.0 Å². The quantitative estimate of drug-likeness (QED) is 0.350. The second-order valence-electron chi connectivity index (χ2n) is 7.25. The Bertz CT molecular complexity index is 1240. The molecule has 3 amide bonds. The number of carbonyl (C=O) groups excluding carboxylic acids is 5. The molecular formula is C25H21N3O7. The molecule has 35 heavy (non-hydrogen) atoms. The molecule has 0 aliphatic rings. The minimum atomic E-state index is -0.794. The van der Waals surface area contributed by atoms with Crippen LogP contribution in [0.2, 0.25) is 0 Å². The van der Waals surface area contributed by atoms with Crippen molar-refractivity contribution < 1.29 is 33.4 Å². The van der Waals surface area contributed by atoms with Gasteiger partial charge < -0.3 is 25.8 Å². The summed E-state index contributed by atoms with van der Waals surface area (Å²) >= 11 is 0. The summed E-state index contributed by atoms with van der Waals surface area (Å²) < 4.78 is 10.1. The second kappa shape index (κ2) is 10.8. The van der Waals surface area contributed by atoms with Crippen LogP contribution in [0.3, 0.4) is 0 Å². The molecule has 0 saturated heterocycles. The summed E-state index contributed by atoms with van der Waals surface area (Å²) in [4.78, 5) is 60.2. The SMILES string of the molecule is CC(=O)Oc1ccccc1C(=O)Nc1cc(NC(=O)c2ccccc2OC(C)=O)cc(C(N)=O)c1. The van der Waals surface area contributed by atoms with Crippen molar-refractivity contribution in [2.45, 2.75) is 13.8 Å². The number of hydrogen-bond donors (Lipinski definition) is 3. The molecule has 0 fully saturated rings. The van der Waals surface area contributed by atoms with Gasteiger partial charge in [-0.3, -0.25) is 24.0 Å². The van der Waals surface area contributed by atoms with Crippen molar-refractivity contribution in [3.8, 4) is 11.5 Å². The molecule has 0 aliphatic carbocycles. The number of ether oxygens (including phenoxy) is 2. The summed E-state index contributed by atoms with van der Waals surface area (Å²) in [6.07, 6.45) is 0. The predicted octanol–water partition coefficient (Wildman–Crippen LogP) is 3.14. The number of nitrogens with one attached hydrogen (secondary N) is 2. The van der Waals surface area contributed by atoms with Crippen LogP contribution >= 0.6 is 0 Å². The number of primary amides is 1. The summed E-state index contributed by atoms with van der Waals surface area (Å²) in [6, 6.07) is 16.3. The van der Waals surface area contributed by atoms with Crippen molar-refractivity contribution in [2.24, 2.45) is 5.73 Å². The molecule has 0 saturated carbocycles. The molecule has 0 aromatic heterocycles. The van der Waals surface area contributed by atoms with E-state index in [1.807, 2.05) is 0 Å². The summed E-state index contributed by atoms with van der Waals surface area (Å²) in [7, 11) is 0. The van der Waals surface area contributed by atoms with Crippen molar-refractivity contribution in [1.29, 1.82) is 0 Å². The fourth-order valence-corrected chi connectivity index (χ4v) is 3.11. The maximum absolute atomic E-state index is 12.8. The Hall–Kier alpha value is -4.99. The van der Waals surface area contributed by atoms with Gasteiger partial charge in [-0.05, 0) is 42.5 Å². The summed E-state index contributed by atoms with van der Waals surface area (Å²) in [6.45, 7) is 2.42. The van der Waals surface area contributed by atoms with Gasteiger partial charge in [0.2, 0.25) is 5.91 Å². The Labute approximate surface area is 200 Å². The van der Waals surface area contributed by atoms with Gasteiger partial charge in [-0.25, -0.2) is 0 Å². The first-order chi connectivity index (χ1) is 16.6. The first-order valence-corrected chi connectivity index (χ1v) is 10.3. The van der Waals surface area contributed by atoms with Crippen molar-refractivity contribution in [2.75, 3.05) is 10.6 Å². The predicted molar refractivity (Wildman–Crippen MR) is 126 cm³/mol. The van der Waals surface area contributed by atoms with Gasteiger partial charge in [0.05, 0.1) is 11.1 Å². The summed E-state index contributed by atoms with van der Waals surface area (Å²) in [5.74, 6) is -3.13. The smallest absolute Gasteiger partial charge is 0.308 e. The molecule has 0 bridgehead atoms. The highest BCUT2D eigenvalue weighted by molar-refractivity contribution is 6.09. The lowest BCUT2D eigenvalue weighted by Crippen LogP contribution is -2.18. The van der Waals surface area contributed by atoms with Gasteiger partial charge in [-0.15, -0.1) is 0 Å². The molecule has 0 atom stereocenters. The van der Waals surface area contributed by atoms with Gasteiger partial charge in [0, 0.05) is 30.8 Å². The van der Waals surface area contributed by atoms with E-state index in [0.29, 0.717) is 0 Å². The number of anilines is 2. The summed E-state index contributed by atoms with van der Waals surface area (Å²) in [5, 5.41) is 5.20. The minimum absolute atomic E-state index is 0.0136. The lowest BCUT2D eigenvalue weighted by atomic mass is 10.1. The molecule has 10 heteroatoms.